The van der Waals surface area contributed by atoms with Gasteiger partial charge in [0, 0.05) is 13.6 Å². The third-order valence-corrected chi connectivity index (χ3v) is 2.62. The van der Waals surface area contributed by atoms with Gasteiger partial charge in [-0.3, -0.25) is 0 Å². The summed E-state index contributed by atoms with van der Waals surface area (Å²) in [6, 6.07) is 4.13. The molecular formula is C12H18N2O. The van der Waals surface area contributed by atoms with Gasteiger partial charge in [0.1, 0.15) is 0 Å². The summed E-state index contributed by atoms with van der Waals surface area (Å²) in [5.74, 6) is 0. The third kappa shape index (κ3) is 2.98. The molecule has 0 unspecified atom stereocenters. The van der Waals surface area contributed by atoms with Gasteiger partial charge in [-0.25, -0.2) is 4.79 Å². The largest absolute Gasteiger partial charge is 0.341 e. The summed E-state index contributed by atoms with van der Waals surface area (Å²) in [7, 11) is 1.61. The highest BCUT2D eigenvalue weighted by atomic mass is 16.2. The number of urea groups is 1. The Hall–Kier alpha value is -1.51. The lowest BCUT2D eigenvalue weighted by Gasteiger charge is -2.10. The van der Waals surface area contributed by atoms with Gasteiger partial charge < -0.3 is 10.6 Å². The molecule has 2 amide bonds. The molecule has 0 aromatic heterocycles. The minimum absolute atomic E-state index is 0.146. The van der Waals surface area contributed by atoms with Crippen LogP contribution in [0.3, 0.4) is 0 Å². The first-order chi connectivity index (χ1) is 7.04. The summed E-state index contributed by atoms with van der Waals surface area (Å²) in [5, 5.41) is 5.32. The van der Waals surface area contributed by atoms with Crippen LogP contribution in [0.2, 0.25) is 0 Å². The van der Waals surface area contributed by atoms with E-state index in [1.807, 2.05) is 0 Å². The standard InChI is InChI=1S/C12H18N2O/c1-8-5-10(3)11(6-9(8)2)7-14-12(15)13-4/h5-6H,7H2,1-4H3,(H2,13,14,15). The number of nitrogens with one attached hydrogen (secondary N) is 2. The number of aryl methyl sites for hydroxylation is 3. The highest BCUT2D eigenvalue weighted by molar-refractivity contribution is 5.73. The van der Waals surface area contributed by atoms with Gasteiger partial charge in [-0.05, 0) is 43.0 Å². The molecule has 2 N–H and O–H groups in total. The lowest BCUT2D eigenvalue weighted by Crippen LogP contribution is -2.32. The van der Waals surface area contributed by atoms with Crippen LogP contribution in [0.4, 0.5) is 4.79 Å². The molecule has 0 saturated carbocycles. The number of amides is 2. The second-order valence-corrected chi connectivity index (χ2v) is 3.80. The fraction of sp³-hybridized carbons (Fsp3) is 0.417. The number of hydrogen-bond donors (Lipinski definition) is 2. The van der Waals surface area contributed by atoms with Crippen molar-refractivity contribution < 1.29 is 4.79 Å². The van der Waals surface area contributed by atoms with Gasteiger partial charge in [0.25, 0.3) is 0 Å². The molecule has 82 valence electrons. The van der Waals surface area contributed by atoms with Gasteiger partial charge in [0.05, 0.1) is 0 Å². The Balaban J connectivity index is 2.77. The maximum Gasteiger partial charge on any atom is 0.314 e. The molecule has 1 rings (SSSR count). The molecule has 0 heterocycles. The van der Waals surface area contributed by atoms with Crippen LogP contribution in [-0.4, -0.2) is 13.1 Å². The predicted octanol–water partition coefficient (Wildman–Crippen LogP) is 2.04. The van der Waals surface area contributed by atoms with Crippen molar-refractivity contribution in [2.24, 2.45) is 0 Å². The Kier molecular flexibility index (Phi) is 3.72. The van der Waals surface area contributed by atoms with Crippen LogP contribution in [0, 0.1) is 20.8 Å². The number of carbonyl (C=O) groups excluding carboxylic acids is 1. The van der Waals surface area contributed by atoms with Gasteiger partial charge in [0.2, 0.25) is 0 Å². The van der Waals surface area contributed by atoms with Crippen LogP contribution in [0.15, 0.2) is 12.1 Å². The molecule has 0 aliphatic rings. The topological polar surface area (TPSA) is 41.1 Å². The highest BCUT2D eigenvalue weighted by Gasteiger charge is 2.03. The molecule has 0 radical (unpaired) electrons. The molecule has 1 aromatic carbocycles. The van der Waals surface area contributed by atoms with E-state index in [0.29, 0.717) is 6.54 Å². The van der Waals surface area contributed by atoms with Crippen molar-refractivity contribution in [1.82, 2.24) is 10.6 Å². The molecule has 0 fully saturated rings. The van der Waals surface area contributed by atoms with Crippen molar-refractivity contribution in [3.8, 4) is 0 Å². The minimum Gasteiger partial charge on any atom is -0.341 e. The zero-order chi connectivity index (χ0) is 11.4. The first kappa shape index (κ1) is 11.6. The second-order valence-electron chi connectivity index (χ2n) is 3.80. The summed E-state index contributed by atoms with van der Waals surface area (Å²) in [6.45, 7) is 6.82. The van der Waals surface area contributed by atoms with Gasteiger partial charge >= 0.3 is 6.03 Å². The van der Waals surface area contributed by atoms with Crippen LogP contribution in [-0.2, 0) is 6.54 Å². The van der Waals surface area contributed by atoms with Gasteiger partial charge in [-0.2, -0.15) is 0 Å². The molecule has 0 aliphatic heterocycles. The number of benzene rings is 1. The van der Waals surface area contributed by atoms with E-state index in [0.717, 1.165) is 0 Å². The molecule has 1 aromatic rings. The van der Waals surface area contributed by atoms with E-state index < -0.39 is 0 Å². The van der Waals surface area contributed by atoms with Gasteiger partial charge in [-0.15, -0.1) is 0 Å². The van der Waals surface area contributed by atoms with Crippen LogP contribution >= 0.6 is 0 Å². The SMILES string of the molecule is CNC(=O)NCc1cc(C)c(C)cc1C. The van der Waals surface area contributed by atoms with Crippen LogP contribution in [0.25, 0.3) is 0 Å². The van der Waals surface area contributed by atoms with E-state index >= 15 is 0 Å². The molecule has 0 saturated heterocycles. The van der Waals surface area contributed by atoms with E-state index in [-0.39, 0.29) is 6.03 Å². The van der Waals surface area contributed by atoms with E-state index in [9.17, 15) is 4.79 Å². The van der Waals surface area contributed by atoms with Crippen molar-refractivity contribution in [1.29, 1.82) is 0 Å². The Morgan fingerprint density at radius 3 is 2.33 bits per heavy atom. The Morgan fingerprint density at radius 2 is 1.73 bits per heavy atom. The zero-order valence-corrected chi connectivity index (χ0v) is 9.77. The molecule has 3 heteroatoms. The van der Waals surface area contributed by atoms with Crippen LogP contribution in [0.5, 0.6) is 0 Å². The maximum absolute atomic E-state index is 11.0. The average Bonchev–Trinajstić information content (AvgIpc) is 2.21. The smallest absolute Gasteiger partial charge is 0.314 e. The molecular weight excluding hydrogens is 188 g/mol. The highest BCUT2D eigenvalue weighted by Crippen LogP contribution is 2.14. The summed E-state index contributed by atoms with van der Waals surface area (Å²) >= 11 is 0. The van der Waals surface area contributed by atoms with Crippen LogP contribution in [0.1, 0.15) is 22.3 Å². The fourth-order valence-corrected chi connectivity index (χ4v) is 1.47. The Morgan fingerprint density at radius 1 is 1.13 bits per heavy atom. The molecule has 3 nitrogen and oxygen atoms in total. The third-order valence-electron chi connectivity index (χ3n) is 2.62. The summed E-state index contributed by atoms with van der Waals surface area (Å²) in [6.07, 6.45) is 0. The monoisotopic (exact) mass is 206 g/mol. The zero-order valence-electron chi connectivity index (χ0n) is 9.77. The summed E-state index contributed by atoms with van der Waals surface area (Å²) < 4.78 is 0. The first-order valence-corrected chi connectivity index (χ1v) is 5.07. The second kappa shape index (κ2) is 4.82. The predicted molar refractivity (Wildman–Crippen MR) is 61.9 cm³/mol. The van der Waals surface area contributed by atoms with E-state index in [1.165, 1.54) is 22.3 Å². The molecule has 0 spiro atoms. The number of carbonyl (C=O) groups is 1. The van der Waals surface area contributed by atoms with E-state index in [2.05, 4.69) is 43.5 Å². The van der Waals surface area contributed by atoms with Crippen molar-refractivity contribution in [2.45, 2.75) is 27.3 Å². The minimum atomic E-state index is -0.146. The van der Waals surface area contributed by atoms with Gasteiger partial charge in [0.15, 0.2) is 0 Å². The Bertz CT molecular complexity index is 372. The lowest BCUT2D eigenvalue weighted by atomic mass is 10.0. The number of rotatable bonds is 2. The molecule has 0 aliphatic carbocycles. The van der Waals surface area contributed by atoms with Crippen molar-refractivity contribution >= 4 is 6.03 Å². The molecule has 15 heavy (non-hydrogen) atoms. The van der Waals surface area contributed by atoms with Crippen molar-refractivity contribution in [3.63, 3.8) is 0 Å². The summed E-state index contributed by atoms with van der Waals surface area (Å²) in [4.78, 5) is 11.0. The van der Waals surface area contributed by atoms with Gasteiger partial charge in [-0.1, -0.05) is 12.1 Å². The lowest BCUT2D eigenvalue weighted by molar-refractivity contribution is 0.242. The normalized spacial score (nSPS) is 9.87. The van der Waals surface area contributed by atoms with Crippen LogP contribution < -0.4 is 10.6 Å². The van der Waals surface area contributed by atoms with Crippen molar-refractivity contribution in [3.05, 3.63) is 34.4 Å². The molecule has 0 bridgehead atoms. The maximum atomic E-state index is 11.0. The van der Waals surface area contributed by atoms with Crippen molar-refractivity contribution in [2.75, 3.05) is 7.05 Å². The molecule has 0 atom stereocenters. The fourth-order valence-electron chi connectivity index (χ4n) is 1.47. The first-order valence-electron chi connectivity index (χ1n) is 5.07. The number of hydrogen-bond acceptors (Lipinski definition) is 1. The van der Waals surface area contributed by atoms with E-state index in [4.69, 9.17) is 0 Å². The summed E-state index contributed by atoms with van der Waals surface area (Å²) in [5.41, 5.74) is 4.93. The Labute approximate surface area is 90.9 Å². The average molecular weight is 206 g/mol. The quantitative estimate of drug-likeness (QED) is 0.764. The van der Waals surface area contributed by atoms with E-state index in [1.54, 1.807) is 7.05 Å².